The first-order valence-electron chi connectivity index (χ1n) is 8.43. The molecule has 2 rings (SSSR count). The van der Waals surface area contributed by atoms with Gasteiger partial charge in [0.25, 0.3) is 0 Å². The third-order valence-corrected chi connectivity index (χ3v) is 4.42. The van der Waals surface area contributed by atoms with E-state index in [0.717, 1.165) is 12.1 Å². The summed E-state index contributed by atoms with van der Waals surface area (Å²) in [4.78, 5) is 35.0. The van der Waals surface area contributed by atoms with Crippen molar-refractivity contribution in [2.24, 2.45) is 11.8 Å². The molecule has 1 aromatic carbocycles. The maximum Gasteiger partial charge on any atom is 0.392 e. The zero-order chi connectivity index (χ0) is 20.2. The van der Waals surface area contributed by atoms with Crippen LogP contribution in [0.4, 0.5) is 23.2 Å². The summed E-state index contributed by atoms with van der Waals surface area (Å²) in [6.07, 6.45) is -3.79. The van der Waals surface area contributed by atoms with E-state index in [1.807, 2.05) is 0 Å². The van der Waals surface area contributed by atoms with Crippen molar-refractivity contribution in [3.8, 4) is 0 Å². The van der Waals surface area contributed by atoms with Crippen molar-refractivity contribution in [1.82, 2.24) is 0 Å². The smallest absolute Gasteiger partial charge is 0.392 e. The highest BCUT2D eigenvalue weighted by atomic mass is 19.4. The van der Waals surface area contributed by atoms with E-state index < -0.39 is 48.1 Å². The van der Waals surface area contributed by atoms with Crippen molar-refractivity contribution in [3.05, 3.63) is 29.6 Å². The van der Waals surface area contributed by atoms with Gasteiger partial charge < -0.3 is 10.1 Å². The molecule has 1 saturated carbocycles. The molecule has 1 fully saturated rings. The molecule has 2 atom stereocenters. The largest absolute Gasteiger partial charge is 0.457 e. The van der Waals surface area contributed by atoms with Crippen LogP contribution in [0.3, 0.4) is 0 Å². The number of ether oxygens (including phenoxy) is 1. The standard InChI is InChI=1S/C18H19F4NO4/c1-10(24)23-11-6-7-13(15(19)8-11)16(25)9-27-17(26)12-4-2-3-5-14(12)18(20,21)22/h6-8,12,14H,2-5,9H2,1H3,(H,23,24)/t12-,14-/m0/s1. The second kappa shape index (κ2) is 8.49. The van der Waals surface area contributed by atoms with E-state index in [1.165, 1.54) is 13.0 Å². The van der Waals surface area contributed by atoms with Gasteiger partial charge in [0, 0.05) is 12.6 Å². The van der Waals surface area contributed by atoms with Crippen molar-refractivity contribution in [2.75, 3.05) is 11.9 Å². The quantitative estimate of drug-likeness (QED) is 0.471. The molecule has 1 aliphatic rings. The van der Waals surface area contributed by atoms with Crippen LogP contribution in [0.1, 0.15) is 43.0 Å². The van der Waals surface area contributed by atoms with Crippen LogP contribution in [0.5, 0.6) is 0 Å². The molecule has 27 heavy (non-hydrogen) atoms. The van der Waals surface area contributed by atoms with Crippen molar-refractivity contribution in [2.45, 2.75) is 38.8 Å². The molecular formula is C18H19F4NO4. The number of anilines is 1. The maximum absolute atomic E-state index is 14.0. The number of ketones is 1. The van der Waals surface area contributed by atoms with Gasteiger partial charge in [-0.3, -0.25) is 14.4 Å². The first-order chi connectivity index (χ1) is 12.6. The molecule has 5 nitrogen and oxygen atoms in total. The second-order valence-corrected chi connectivity index (χ2v) is 6.45. The Labute approximate surface area is 153 Å². The zero-order valence-corrected chi connectivity index (χ0v) is 14.6. The van der Waals surface area contributed by atoms with Gasteiger partial charge >= 0.3 is 12.1 Å². The number of esters is 1. The third kappa shape index (κ3) is 5.51. The van der Waals surface area contributed by atoms with E-state index in [0.29, 0.717) is 12.8 Å². The number of amides is 1. The molecule has 0 bridgehead atoms. The lowest BCUT2D eigenvalue weighted by Crippen LogP contribution is -2.38. The lowest BCUT2D eigenvalue weighted by atomic mass is 9.79. The number of halogens is 4. The van der Waals surface area contributed by atoms with Crippen LogP contribution < -0.4 is 5.32 Å². The average molecular weight is 389 g/mol. The van der Waals surface area contributed by atoms with Gasteiger partial charge in [-0.2, -0.15) is 13.2 Å². The SMILES string of the molecule is CC(=O)Nc1ccc(C(=O)COC(=O)[C@H]2CCCC[C@@H]2C(F)(F)F)c(F)c1. The molecule has 0 saturated heterocycles. The summed E-state index contributed by atoms with van der Waals surface area (Å²) in [7, 11) is 0. The molecule has 0 radical (unpaired) electrons. The van der Waals surface area contributed by atoms with E-state index >= 15 is 0 Å². The van der Waals surface area contributed by atoms with Crippen molar-refractivity contribution >= 4 is 23.3 Å². The number of alkyl halides is 3. The molecule has 0 aliphatic heterocycles. The van der Waals surface area contributed by atoms with Gasteiger partial charge in [0.05, 0.1) is 17.4 Å². The summed E-state index contributed by atoms with van der Waals surface area (Å²) in [6, 6.07) is 3.33. The summed E-state index contributed by atoms with van der Waals surface area (Å²) in [5.74, 6) is -6.47. The normalized spacial score (nSPS) is 20.0. The highest BCUT2D eigenvalue weighted by molar-refractivity contribution is 5.99. The summed E-state index contributed by atoms with van der Waals surface area (Å²) in [5.41, 5.74) is -0.239. The number of benzene rings is 1. The van der Waals surface area contributed by atoms with Crippen LogP contribution in [0.25, 0.3) is 0 Å². The Morgan fingerprint density at radius 1 is 1.19 bits per heavy atom. The fourth-order valence-corrected chi connectivity index (χ4v) is 3.15. The first kappa shape index (κ1) is 20.9. The van der Waals surface area contributed by atoms with Gasteiger partial charge in [-0.25, -0.2) is 4.39 Å². The molecule has 1 amide bonds. The number of hydrogen-bond acceptors (Lipinski definition) is 4. The zero-order valence-electron chi connectivity index (χ0n) is 14.6. The highest BCUT2D eigenvalue weighted by Gasteiger charge is 2.48. The van der Waals surface area contributed by atoms with Crippen LogP contribution in [0.15, 0.2) is 18.2 Å². The van der Waals surface area contributed by atoms with E-state index in [2.05, 4.69) is 5.32 Å². The summed E-state index contributed by atoms with van der Waals surface area (Å²) in [5, 5.41) is 2.34. The number of Topliss-reactive ketones (excluding diaryl/α,β-unsaturated/α-hetero) is 1. The van der Waals surface area contributed by atoms with Crippen molar-refractivity contribution in [3.63, 3.8) is 0 Å². The monoisotopic (exact) mass is 389 g/mol. The predicted molar refractivity (Wildman–Crippen MR) is 87.5 cm³/mol. The lowest BCUT2D eigenvalue weighted by Gasteiger charge is -2.31. The van der Waals surface area contributed by atoms with Gasteiger partial charge in [0.2, 0.25) is 11.7 Å². The van der Waals surface area contributed by atoms with Gasteiger partial charge in [-0.15, -0.1) is 0 Å². The Kier molecular flexibility index (Phi) is 6.56. The Bertz CT molecular complexity index is 733. The number of rotatable bonds is 5. The van der Waals surface area contributed by atoms with Gasteiger partial charge in [0.15, 0.2) is 6.61 Å². The molecule has 0 heterocycles. The Hall–Kier alpha value is -2.45. The molecule has 9 heteroatoms. The first-order valence-corrected chi connectivity index (χ1v) is 8.43. The predicted octanol–water partition coefficient (Wildman–Crippen LogP) is 3.88. The minimum absolute atomic E-state index is 0.0387. The van der Waals surface area contributed by atoms with Gasteiger partial charge in [0.1, 0.15) is 5.82 Å². The highest BCUT2D eigenvalue weighted by Crippen LogP contribution is 2.41. The number of carbonyl (C=O) groups is 3. The lowest BCUT2D eigenvalue weighted by molar-refractivity contribution is -0.204. The van der Waals surface area contributed by atoms with Crippen molar-refractivity contribution in [1.29, 1.82) is 0 Å². The van der Waals surface area contributed by atoms with E-state index in [-0.39, 0.29) is 24.1 Å². The summed E-state index contributed by atoms with van der Waals surface area (Å²) >= 11 is 0. The van der Waals surface area contributed by atoms with E-state index in [1.54, 1.807) is 0 Å². The fraction of sp³-hybridized carbons (Fsp3) is 0.500. The number of nitrogens with one attached hydrogen (secondary N) is 1. The average Bonchev–Trinajstić information content (AvgIpc) is 2.58. The molecule has 0 unspecified atom stereocenters. The Morgan fingerprint density at radius 2 is 1.85 bits per heavy atom. The maximum atomic E-state index is 14.0. The fourth-order valence-electron chi connectivity index (χ4n) is 3.15. The van der Waals surface area contributed by atoms with E-state index in [4.69, 9.17) is 4.74 Å². The van der Waals surface area contributed by atoms with Crippen LogP contribution in [0.2, 0.25) is 0 Å². The molecule has 148 valence electrons. The summed E-state index contributed by atoms with van der Waals surface area (Å²) in [6.45, 7) is 0.381. The summed E-state index contributed by atoms with van der Waals surface area (Å²) < 4.78 is 57.9. The molecule has 1 aliphatic carbocycles. The molecular weight excluding hydrogens is 370 g/mol. The second-order valence-electron chi connectivity index (χ2n) is 6.45. The van der Waals surface area contributed by atoms with Crippen molar-refractivity contribution < 1.29 is 36.7 Å². The third-order valence-electron chi connectivity index (χ3n) is 4.42. The molecule has 1 N–H and O–H groups in total. The molecule has 1 aromatic rings. The molecule has 0 spiro atoms. The van der Waals surface area contributed by atoms with Crippen LogP contribution in [-0.2, 0) is 14.3 Å². The Balaban J connectivity index is 2.00. The minimum Gasteiger partial charge on any atom is -0.457 e. The topological polar surface area (TPSA) is 72.5 Å². The Morgan fingerprint density at radius 3 is 2.44 bits per heavy atom. The number of carbonyl (C=O) groups excluding carboxylic acids is 3. The van der Waals surface area contributed by atoms with Crippen LogP contribution in [-0.4, -0.2) is 30.4 Å². The van der Waals surface area contributed by atoms with E-state index in [9.17, 15) is 31.9 Å². The van der Waals surface area contributed by atoms with Crippen LogP contribution in [0, 0.1) is 17.7 Å². The number of hydrogen-bond donors (Lipinski definition) is 1. The molecule has 0 aromatic heterocycles. The minimum atomic E-state index is -4.51. The van der Waals surface area contributed by atoms with Gasteiger partial charge in [-0.05, 0) is 31.0 Å². The van der Waals surface area contributed by atoms with Crippen LogP contribution >= 0.6 is 0 Å². The van der Waals surface area contributed by atoms with Gasteiger partial charge in [-0.1, -0.05) is 12.8 Å².